The van der Waals surface area contributed by atoms with Gasteiger partial charge in [0.2, 0.25) is 5.91 Å². The summed E-state index contributed by atoms with van der Waals surface area (Å²) in [5.74, 6) is -1.06. The quantitative estimate of drug-likeness (QED) is 0.343. The third-order valence-electron chi connectivity index (χ3n) is 2.06. The summed E-state index contributed by atoms with van der Waals surface area (Å²) in [5.41, 5.74) is 8.42. The summed E-state index contributed by atoms with van der Waals surface area (Å²) < 4.78 is 0. The Labute approximate surface area is 101 Å². The van der Waals surface area contributed by atoms with E-state index in [0.29, 0.717) is 12.0 Å². The van der Waals surface area contributed by atoms with Crippen molar-refractivity contribution in [3.63, 3.8) is 0 Å². The van der Waals surface area contributed by atoms with E-state index < -0.39 is 5.97 Å². The Morgan fingerprint density at radius 3 is 2.65 bits per heavy atom. The summed E-state index contributed by atoms with van der Waals surface area (Å²) in [6.45, 7) is 3.55. The second-order valence-electron chi connectivity index (χ2n) is 3.81. The molecule has 0 spiro atoms. The zero-order chi connectivity index (χ0) is 13.3. The van der Waals surface area contributed by atoms with Gasteiger partial charge in [-0.15, -0.1) is 0 Å². The average molecular weight is 241 g/mol. The van der Waals surface area contributed by atoms with Crippen LogP contribution in [0.5, 0.6) is 0 Å². The van der Waals surface area contributed by atoms with Crippen LogP contribution in [0.2, 0.25) is 0 Å². The Balaban J connectivity index is 4.05. The Morgan fingerprint density at radius 1 is 1.53 bits per heavy atom. The van der Waals surface area contributed by atoms with E-state index >= 15 is 0 Å². The van der Waals surface area contributed by atoms with E-state index in [9.17, 15) is 9.59 Å². The van der Waals surface area contributed by atoms with Crippen molar-refractivity contribution in [2.75, 3.05) is 6.54 Å². The summed E-state index contributed by atoms with van der Waals surface area (Å²) in [6.07, 6.45) is 4.10. The van der Waals surface area contributed by atoms with Gasteiger partial charge in [0, 0.05) is 25.8 Å². The number of carbonyl (C=O) groups excluding carboxylic acids is 1. The number of hydrogen-bond donors (Lipinski definition) is 3. The molecule has 96 valence electrons. The second-order valence-corrected chi connectivity index (χ2v) is 3.81. The number of nitrogens with zero attached hydrogens (tertiary/aromatic N) is 1. The molecule has 0 aliphatic carbocycles. The number of hydrogen-bond acceptors (Lipinski definition) is 4. The minimum absolute atomic E-state index is 0.144. The Morgan fingerprint density at radius 2 is 2.18 bits per heavy atom. The zero-order valence-corrected chi connectivity index (χ0v) is 10.1. The highest BCUT2D eigenvalue weighted by Gasteiger charge is 2.03. The molecule has 0 heterocycles. The topological polar surface area (TPSA) is 105 Å². The van der Waals surface area contributed by atoms with Gasteiger partial charge in [-0.25, -0.2) is 10.2 Å². The van der Waals surface area contributed by atoms with Crippen LogP contribution in [0.15, 0.2) is 16.8 Å². The SMILES string of the molecule is CC(=O)N/N=C/C(C)CC/C(=C/C(=O)O)CN. The number of carboxylic acids is 1. The first kappa shape index (κ1) is 15.3. The van der Waals surface area contributed by atoms with Crippen LogP contribution < -0.4 is 11.2 Å². The molecule has 0 aromatic rings. The largest absolute Gasteiger partial charge is 0.478 e. The maximum Gasteiger partial charge on any atom is 0.328 e. The molecule has 1 amide bonds. The summed E-state index contributed by atoms with van der Waals surface area (Å²) in [6, 6.07) is 0. The van der Waals surface area contributed by atoms with Crippen molar-refractivity contribution >= 4 is 18.1 Å². The molecular formula is C11H19N3O3. The number of nitrogens with one attached hydrogen (secondary N) is 1. The Kier molecular flexibility index (Phi) is 7.62. The second kappa shape index (κ2) is 8.46. The lowest BCUT2D eigenvalue weighted by molar-refractivity contribution is -0.131. The normalized spacial score (nSPS) is 13.7. The van der Waals surface area contributed by atoms with Gasteiger partial charge in [-0.2, -0.15) is 5.10 Å². The third-order valence-corrected chi connectivity index (χ3v) is 2.06. The fourth-order valence-corrected chi connectivity index (χ4v) is 1.15. The number of aliphatic carboxylic acids is 1. The molecule has 0 bridgehead atoms. The predicted octanol–water partition coefficient (Wildman–Crippen LogP) is 0.494. The van der Waals surface area contributed by atoms with Gasteiger partial charge in [0.1, 0.15) is 0 Å². The smallest absolute Gasteiger partial charge is 0.328 e. The number of amides is 1. The van der Waals surface area contributed by atoms with E-state index in [4.69, 9.17) is 10.8 Å². The van der Waals surface area contributed by atoms with Crippen molar-refractivity contribution in [2.24, 2.45) is 16.8 Å². The highest BCUT2D eigenvalue weighted by molar-refractivity contribution is 5.80. The summed E-state index contributed by atoms with van der Waals surface area (Å²) in [5, 5.41) is 12.3. The van der Waals surface area contributed by atoms with Crippen molar-refractivity contribution in [3.8, 4) is 0 Å². The van der Waals surface area contributed by atoms with Crippen LogP contribution in [0, 0.1) is 5.92 Å². The minimum Gasteiger partial charge on any atom is -0.478 e. The van der Waals surface area contributed by atoms with Crippen molar-refractivity contribution in [1.82, 2.24) is 5.43 Å². The molecular weight excluding hydrogens is 222 g/mol. The lowest BCUT2D eigenvalue weighted by Crippen LogP contribution is -2.14. The van der Waals surface area contributed by atoms with Gasteiger partial charge >= 0.3 is 5.97 Å². The zero-order valence-electron chi connectivity index (χ0n) is 10.1. The monoisotopic (exact) mass is 241 g/mol. The number of carbonyl (C=O) groups is 2. The van der Waals surface area contributed by atoms with Gasteiger partial charge in [0.25, 0.3) is 0 Å². The Hall–Kier alpha value is -1.69. The number of carboxylic acid groups (broad SMARTS) is 1. The fourth-order valence-electron chi connectivity index (χ4n) is 1.15. The fraction of sp³-hybridized carbons (Fsp3) is 0.545. The van der Waals surface area contributed by atoms with E-state index in [1.165, 1.54) is 6.92 Å². The first-order chi connectivity index (χ1) is 7.95. The molecule has 0 rings (SSSR count). The summed E-state index contributed by atoms with van der Waals surface area (Å²) in [7, 11) is 0. The van der Waals surface area contributed by atoms with Crippen molar-refractivity contribution in [3.05, 3.63) is 11.6 Å². The van der Waals surface area contributed by atoms with Gasteiger partial charge in [-0.05, 0) is 24.3 Å². The van der Waals surface area contributed by atoms with Gasteiger partial charge in [-0.3, -0.25) is 4.79 Å². The molecule has 6 heteroatoms. The first-order valence-electron chi connectivity index (χ1n) is 5.38. The molecule has 17 heavy (non-hydrogen) atoms. The van der Waals surface area contributed by atoms with Crippen LogP contribution in [-0.2, 0) is 9.59 Å². The van der Waals surface area contributed by atoms with E-state index in [2.05, 4.69) is 10.5 Å². The first-order valence-corrected chi connectivity index (χ1v) is 5.38. The maximum atomic E-state index is 10.5. The van der Waals surface area contributed by atoms with Crippen LogP contribution in [0.3, 0.4) is 0 Å². The van der Waals surface area contributed by atoms with E-state index in [-0.39, 0.29) is 18.4 Å². The molecule has 0 aliphatic rings. The molecule has 6 nitrogen and oxygen atoms in total. The van der Waals surface area contributed by atoms with Crippen LogP contribution in [-0.4, -0.2) is 29.7 Å². The average Bonchev–Trinajstić information content (AvgIpc) is 2.23. The number of hydrazone groups is 1. The molecule has 0 aromatic heterocycles. The molecule has 0 aromatic carbocycles. The van der Waals surface area contributed by atoms with Crippen LogP contribution in [0.4, 0.5) is 0 Å². The van der Waals surface area contributed by atoms with Crippen molar-refractivity contribution < 1.29 is 14.7 Å². The standard InChI is InChI=1S/C11H19N3O3/c1-8(7-13-14-9(2)15)3-4-10(6-12)5-11(16)17/h5,7-8H,3-4,6,12H2,1-2H3,(H,14,15)(H,16,17)/b10-5-,13-7+. The molecule has 0 fully saturated rings. The summed E-state index contributed by atoms with van der Waals surface area (Å²) >= 11 is 0. The van der Waals surface area contributed by atoms with E-state index in [1.54, 1.807) is 6.21 Å². The molecule has 1 atom stereocenters. The van der Waals surface area contributed by atoms with E-state index in [0.717, 1.165) is 12.5 Å². The van der Waals surface area contributed by atoms with Gasteiger partial charge in [0.05, 0.1) is 0 Å². The molecule has 1 unspecified atom stereocenters. The lowest BCUT2D eigenvalue weighted by Gasteiger charge is -2.07. The highest BCUT2D eigenvalue weighted by atomic mass is 16.4. The van der Waals surface area contributed by atoms with Gasteiger partial charge in [0.15, 0.2) is 0 Å². The predicted molar refractivity (Wildman–Crippen MR) is 65.5 cm³/mol. The summed E-state index contributed by atoms with van der Waals surface area (Å²) in [4.78, 5) is 21.0. The minimum atomic E-state index is -0.981. The van der Waals surface area contributed by atoms with Gasteiger partial charge < -0.3 is 10.8 Å². The van der Waals surface area contributed by atoms with Crippen molar-refractivity contribution in [1.29, 1.82) is 0 Å². The third kappa shape index (κ3) is 9.25. The Bertz CT molecular complexity index is 324. The molecule has 0 saturated carbocycles. The van der Waals surface area contributed by atoms with E-state index in [1.807, 2.05) is 6.92 Å². The lowest BCUT2D eigenvalue weighted by atomic mass is 10.0. The molecule has 0 saturated heterocycles. The highest BCUT2D eigenvalue weighted by Crippen LogP contribution is 2.09. The van der Waals surface area contributed by atoms with Crippen LogP contribution >= 0.6 is 0 Å². The van der Waals surface area contributed by atoms with Crippen LogP contribution in [0.25, 0.3) is 0 Å². The number of rotatable bonds is 7. The molecule has 0 radical (unpaired) electrons. The van der Waals surface area contributed by atoms with Crippen molar-refractivity contribution in [2.45, 2.75) is 26.7 Å². The molecule has 0 aliphatic heterocycles. The molecule has 4 N–H and O–H groups in total. The van der Waals surface area contributed by atoms with Gasteiger partial charge in [-0.1, -0.05) is 6.92 Å². The van der Waals surface area contributed by atoms with Crippen LogP contribution in [0.1, 0.15) is 26.7 Å². The maximum absolute atomic E-state index is 10.5. The number of nitrogens with two attached hydrogens (primary N) is 1.